The van der Waals surface area contributed by atoms with Crippen LogP contribution in [0.4, 0.5) is 11.4 Å². The van der Waals surface area contributed by atoms with Gasteiger partial charge in [0.15, 0.2) is 0 Å². The molecule has 0 aliphatic carbocycles. The third kappa shape index (κ3) is 3.63. The number of fused-ring (bicyclic) bond motifs is 2. The molecule has 0 fully saturated rings. The largest absolute Gasteiger partial charge is 0.493 e. The Bertz CT molecular complexity index is 1500. The molecule has 198 valence electrons. The molecule has 0 saturated carbocycles. The highest BCUT2D eigenvalue weighted by molar-refractivity contribution is 6.02. The summed E-state index contributed by atoms with van der Waals surface area (Å²) in [5.41, 5.74) is 5.57. The summed E-state index contributed by atoms with van der Waals surface area (Å²) in [6, 6.07) is 16.0. The Balaban J connectivity index is 1.94. The van der Waals surface area contributed by atoms with Crippen molar-refractivity contribution in [2.24, 2.45) is 0 Å². The number of benzene rings is 2. The van der Waals surface area contributed by atoms with E-state index in [2.05, 4.69) is 66.7 Å². The molecule has 5 rings (SSSR count). The van der Waals surface area contributed by atoms with Gasteiger partial charge in [-0.2, -0.15) is 0 Å². The number of nitrogens with one attached hydrogen (secondary N) is 1. The van der Waals surface area contributed by atoms with Crippen LogP contribution in [0.25, 0.3) is 10.9 Å². The van der Waals surface area contributed by atoms with E-state index in [0.29, 0.717) is 23.6 Å². The molecule has 0 spiro atoms. The number of hydrogen-bond donors (Lipinski definition) is 1. The maximum atomic E-state index is 13.5. The summed E-state index contributed by atoms with van der Waals surface area (Å²) >= 11 is 0. The van der Waals surface area contributed by atoms with Gasteiger partial charge in [0.1, 0.15) is 11.4 Å². The first-order valence-electron chi connectivity index (χ1n) is 13.5. The second-order valence-electron chi connectivity index (χ2n) is 9.41. The minimum atomic E-state index is -1.28. The van der Waals surface area contributed by atoms with Gasteiger partial charge in [0.2, 0.25) is 5.60 Å². The van der Waals surface area contributed by atoms with Crippen LogP contribution in [-0.2, 0) is 16.9 Å². The van der Waals surface area contributed by atoms with Crippen LogP contribution in [0, 0.1) is 6.92 Å². The van der Waals surface area contributed by atoms with Gasteiger partial charge < -0.3 is 24.3 Å². The summed E-state index contributed by atoms with van der Waals surface area (Å²) in [5.74, 6) is 0.295. The van der Waals surface area contributed by atoms with Crippen LogP contribution in [-0.4, -0.2) is 42.3 Å². The second kappa shape index (κ2) is 10.0. The molecule has 7 heteroatoms. The van der Waals surface area contributed by atoms with Crippen molar-refractivity contribution in [3.05, 3.63) is 82.8 Å². The van der Waals surface area contributed by atoms with Crippen LogP contribution in [0.3, 0.4) is 0 Å². The molecular formula is C31H36N4O3. The zero-order chi connectivity index (χ0) is 27.0. The molecule has 2 aromatic heterocycles. The number of cyclic esters (lactones) is 1. The molecule has 0 saturated heterocycles. The number of rotatable bonds is 9. The fraction of sp³-hybridized carbons (Fsp3) is 0.355. The van der Waals surface area contributed by atoms with Crippen LogP contribution >= 0.6 is 0 Å². The fourth-order valence-corrected chi connectivity index (χ4v) is 6.01. The first-order chi connectivity index (χ1) is 18.5. The number of carbonyl (C=O) groups is 1. The lowest BCUT2D eigenvalue weighted by molar-refractivity contribution is 0.0238. The third-order valence-electron chi connectivity index (χ3n) is 7.67. The second-order valence-corrected chi connectivity index (χ2v) is 9.41. The minimum Gasteiger partial charge on any atom is -0.493 e. The van der Waals surface area contributed by atoms with Crippen molar-refractivity contribution in [3.8, 4) is 5.75 Å². The Hall–Kier alpha value is -4.00. The van der Waals surface area contributed by atoms with Gasteiger partial charge in [-0.3, -0.25) is 4.98 Å². The van der Waals surface area contributed by atoms with E-state index in [1.165, 1.54) is 0 Å². The Morgan fingerprint density at radius 2 is 1.87 bits per heavy atom. The maximum absolute atomic E-state index is 13.5. The number of nitrogens with zero attached hydrogens (tertiary/aromatic N) is 3. The topological polar surface area (TPSA) is 68.6 Å². The molecule has 1 aliphatic rings. The van der Waals surface area contributed by atoms with E-state index < -0.39 is 5.60 Å². The molecule has 38 heavy (non-hydrogen) atoms. The summed E-state index contributed by atoms with van der Waals surface area (Å²) in [4.78, 5) is 20.6. The number of carbonyl (C=O) groups excluding carboxylic acids is 1. The van der Waals surface area contributed by atoms with Gasteiger partial charge in [-0.25, -0.2) is 4.79 Å². The molecule has 3 heterocycles. The van der Waals surface area contributed by atoms with Crippen molar-refractivity contribution in [2.45, 2.75) is 46.8 Å². The summed E-state index contributed by atoms with van der Waals surface area (Å²) in [6.45, 7) is 13.5. The Morgan fingerprint density at radius 3 is 2.55 bits per heavy atom. The van der Waals surface area contributed by atoms with Crippen LogP contribution in [0.2, 0.25) is 0 Å². The Kier molecular flexibility index (Phi) is 6.78. The van der Waals surface area contributed by atoms with Crippen molar-refractivity contribution in [1.82, 2.24) is 9.55 Å². The molecule has 2 aromatic carbocycles. The van der Waals surface area contributed by atoms with E-state index >= 15 is 0 Å². The smallest absolute Gasteiger partial charge is 0.341 e. The number of ether oxygens (including phenoxy) is 2. The van der Waals surface area contributed by atoms with Gasteiger partial charge in [-0.1, -0.05) is 6.07 Å². The molecule has 1 N–H and O–H groups in total. The SMILES string of the molecule is CCOc1cc(N(CC)CC)ccc1C1(c2c(C)n(CC)c3cccc(NC)c23)OC(=O)c2cccnc21. The van der Waals surface area contributed by atoms with E-state index in [-0.39, 0.29) is 5.97 Å². The lowest BCUT2D eigenvalue weighted by atomic mass is 9.80. The van der Waals surface area contributed by atoms with E-state index in [1.807, 2.05) is 26.1 Å². The van der Waals surface area contributed by atoms with Gasteiger partial charge in [0, 0.05) is 72.5 Å². The standard InChI is InChI=1S/C31H36N4O3/c1-7-34(8-2)21-16-17-23(26(19-21)37-10-4)31(29-22(30(36)38-31)13-12-18-33-29)28-20(5)35(9-3)25-15-11-14-24(32-6)27(25)28/h11-19,32H,7-10H2,1-6H3. The van der Waals surface area contributed by atoms with Crippen molar-refractivity contribution in [1.29, 1.82) is 0 Å². The van der Waals surface area contributed by atoms with Gasteiger partial charge in [-0.05, 0) is 71.0 Å². The van der Waals surface area contributed by atoms with E-state index in [1.54, 1.807) is 18.3 Å². The van der Waals surface area contributed by atoms with Crippen LogP contribution in [0.1, 0.15) is 60.6 Å². The summed E-state index contributed by atoms with van der Waals surface area (Å²) in [6.07, 6.45) is 1.73. The van der Waals surface area contributed by atoms with Gasteiger partial charge >= 0.3 is 5.97 Å². The van der Waals surface area contributed by atoms with Gasteiger partial charge in [-0.15, -0.1) is 0 Å². The van der Waals surface area contributed by atoms with E-state index in [0.717, 1.165) is 58.7 Å². The number of aromatic nitrogens is 2. The molecule has 1 unspecified atom stereocenters. The molecule has 0 amide bonds. The predicted molar refractivity (Wildman–Crippen MR) is 153 cm³/mol. The minimum absolute atomic E-state index is 0.387. The molecule has 0 bridgehead atoms. The lowest BCUT2D eigenvalue weighted by Crippen LogP contribution is -2.32. The number of hydrogen-bond acceptors (Lipinski definition) is 6. The average molecular weight is 513 g/mol. The van der Waals surface area contributed by atoms with Crippen molar-refractivity contribution in [2.75, 3.05) is 37.0 Å². The monoisotopic (exact) mass is 512 g/mol. The van der Waals surface area contributed by atoms with Crippen molar-refractivity contribution in [3.63, 3.8) is 0 Å². The van der Waals surface area contributed by atoms with Crippen LogP contribution in [0.5, 0.6) is 5.75 Å². The van der Waals surface area contributed by atoms with Crippen LogP contribution < -0.4 is 15.0 Å². The van der Waals surface area contributed by atoms with Crippen LogP contribution in [0.15, 0.2) is 54.7 Å². The van der Waals surface area contributed by atoms with Gasteiger partial charge in [0.25, 0.3) is 0 Å². The average Bonchev–Trinajstić information content (AvgIpc) is 3.40. The summed E-state index contributed by atoms with van der Waals surface area (Å²) in [5, 5.41) is 4.38. The Morgan fingerprint density at radius 1 is 1.08 bits per heavy atom. The zero-order valence-corrected chi connectivity index (χ0v) is 23.1. The van der Waals surface area contributed by atoms with Crippen molar-refractivity contribution >= 4 is 28.2 Å². The first-order valence-corrected chi connectivity index (χ1v) is 13.5. The zero-order valence-electron chi connectivity index (χ0n) is 23.1. The van der Waals surface area contributed by atoms with E-state index in [4.69, 9.17) is 14.5 Å². The molecule has 0 radical (unpaired) electrons. The Labute approximate surface area is 224 Å². The molecule has 4 aromatic rings. The number of anilines is 2. The number of pyridine rings is 1. The normalized spacial score (nSPS) is 16.4. The highest BCUT2D eigenvalue weighted by atomic mass is 16.6. The maximum Gasteiger partial charge on any atom is 0.341 e. The molecule has 1 atom stereocenters. The number of aryl methyl sites for hydroxylation is 1. The molecular weight excluding hydrogens is 476 g/mol. The molecule has 7 nitrogen and oxygen atoms in total. The van der Waals surface area contributed by atoms with E-state index in [9.17, 15) is 4.79 Å². The number of esters is 1. The quantitative estimate of drug-likeness (QED) is 0.273. The summed E-state index contributed by atoms with van der Waals surface area (Å²) in [7, 11) is 1.92. The highest BCUT2D eigenvalue weighted by Crippen LogP contribution is 2.53. The first kappa shape index (κ1) is 25.6. The van der Waals surface area contributed by atoms with Crippen molar-refractivity contribution < 1.29 is 14.3 Å². The predicted octanol–water partition coefficient (Wildman–Crippen LogP) is 6.11. The molecule has 1 aliphatic heterocycles. The fourth-order valence-electron chi connectivity index (χ4n) is 6.01. The highest BCUT2D eigenvalue weighted by Gasteiger charge is 2.54. The lowest BCUT2D eigenvalue weighted by Gasteiger charge is -2.32. The van der Waals surface area contributed by atoms with Gasteiger partial charge in [0.05, 0.1) is 17.7 Å². The summed E-state index contributed by atoms with van der Waals surface area (Å²) < 4.78 is 15.1. The third-order valence-corrected chi connectivity index (χ3v) is 7.67.